The maximum absolute atomic E-state index is 13.2. The molecule has 2 atom stereocenters. The highest BCUT2D eigenvalue weighted by Crippen LogP contribution is 2.12. The molecule has 1 aromatic heterocycles. The van der Waals surface area contributed by atoms with E-state index in [9.17, 15) is 24.0 Å². The van der Waals surface area contributed by atoms with Gasteiger partial charge in [-0.2, -0.15) is 0 Å². The second kappa shape index (κ2) is 12.5. The lowest BCUT2D eigenvalue weighted by molar-refractivity contribution is -0.405. The van der Waals surface area contributed by atoms with E-state index in [1.54, 1.807) is 10.9 Å². The van der Waals surface area contributed by atoms with Crippen LogP contribution in [0.4, 0.5) is 0 Å². The van der Waals surface area contributed by atoms with Crippen LogP contribution in [0.3, 0.4) is 0 Å². The molecular weight excluding hydrogens is 512 g/mol. The molecule has 7 N–H and O–H groups in total. The predicted molar refractivity (Wildman–Crippen MR) is 136 cm³/mol. The average molecular weight is 554 g/mol. The third-order valence-electron chi connectivity index (χ3n) is 6.18. The molecule has 0 aromatic carbocycles. The molecule has 0 saturated heterocycles. The van der Waals surface area contributed by atoms with Gasteiger partial charge in [-0.1, -0.05) is 5.21 Å². The summed E-state index contributed by atoms with van der Waals surface area (Å²) in [5, 5.41) is 18.5. The van der Waals surface area contributed by atoms with Crippen molar-refractivity contribution in [3.63, 3.8) is 0 Å². The van der Waals surface area contributed by atoms with Crippen LogP contribution in [0.1, 0.15) is 60.1 Å². The molecule has 0 aliphatic carbocycles. The summed E-state index contributed by atoms with van der Waals surface area (Å²) in [5.74, 6) is -3.11. The molecule has 1 aliphatic rings. The van der Waals surface area contributed by atoms with Gasteiger partial charge >= 0.3 is 5.97 Å². The van der Waals surface area contributed by atoms with Gasteiger partial charge in [0.1, 0.15) is 28.4 Å². The van der Waals surface area contributed by atoms with Gasteiger partial charge in [-0.3, -0.25) is 23.9 Å². The molecule has 218 valence electrons. The standard InChI is InChI=1S/C24H40N8O7/c1-22(2)19(35)26-16(18(34)28-24(5,6)21(37)38-7)13-39-12-14-11-32(31-30-14)10-8-9-15(25)17(33)27-23(3,4)20(36)29-22/h11,15-16H,8-10,12-13,25H2,1-7H3,(H,26,35)(H,27,33)(H,28,34)(H,29,36)/p+1/t15-,16-/m0/s1. The number of methoxy groups -OCH3 is 1. The zero-order valence-electron chi connectivity index (χ0n) is 23.7. The van der Waals surface area contributed by atoms with Gasteiger partial charge in [0.05, 0.1) is 26.5 Å². The Kier molecular flexibility index (Phi) is 10.1. The van der Waals surface area contributed by atoms with Crippen molar-refractivity contribution >= 4 is 29.6 Å². The summed E-state index contributed by atoms with van der Waals surface area (Å²) in [6.07, 6.45) is 2.71. The lowest BCUT2D eigenvalue weighted by atomic mass is 9.97. The summed E-state index contributed by atoms with van der Waals surface area (Å²) in [6, 6.07) is -1.86. The minimum Gasteiger partial charge on any atom is -0.467 e. The number of esters is 1. The van der Waals surface area contributed by atoms with Crippen molar-refractivity contribution in [1.29, 1.82) is 0 Å². The zero-order valence-corrected chi connectivity index (χ0v) is 23.7. The van der Waals surface area contributed by atoms with E-state index >= 15 is 0 Å². The van der Waals surface area contributed by atoms with E-state index in [0.717, 1.165) is 0 Å². The van der Waals surface area contributed by atoms with E-state index in [1.165, 1.54) is 48.7 Å². The molecule has 0 spiro atoms. The van der Waals surface area contributed by atoms with Gasteiger partial charge in [0.2, 0.25) is 17.7 Å². The van der Waals surface area contributed by atoms with E-state index in [1.807, 2.05) is 0 Å². The maximum Gasteiger partial charge on any atom is 0.330 e. The van der Waals surface area contributed by atoms with E-state index < -0.39 is 58.3 Å². The minimum absolute atomic E-state index is 0.00523. The van der Waals surface area contributed by atoms with Crippen LogP contribution in [0, 0.1) is 0 Å². The highest BCUT2D eigenvalue weighted by atomic mass is 16.5. The number of hydrogen-bond acceptors (Lipinski definition) is 9. The van der Waals surface area contributed by atoms with Crippen molar-refractivity contribution in [3.8, 4) is 0 Å². The number of quaternary nitrogens is 1. The Morgan fingerprint density at radius 3 is 2.44 bits per heavy atom. The Bertz CT molecular complexity index is 1080. The first kappa shape index (κ1) is 31.6. The van der Waals surface area contributed by atoms with Crippen LogP contribution < -0.4 is 27.0 Å². The summed E-state index contributed by atoms with van der Waals surface area (Å²) in [7, 11) is 1.19. The van der Waals surface area contributed by atoms with Crippen LogP contribution in [-0.4, -0.2) is 87.0 Å². The lowest BCUT2D eigenvalue weighted by Gasteiger charge is -2.33. The normalized spacial score (nSPS) is 23.1. The SMILES string of the molecule is COC(=O)C(C)(C)NC(=O)[C@@H]1COCc2cn(nn2)CCC[C@H]([NH3+])C(=O)NC(C)(C)C(=O)NC(C)(C)C(=O)N1. The number of amides is 4. The number of carbonyl (C=O) groups is 5. The first-order valence-corrected chi connectivity index (χ1v) is 12.6. The average Bonchev–Trinajstić information content (AvgIpc) is 3.28. The molecule has 2 rings (SSSR count). The molecule has 39 heavy (non-hydrogen) atoms. The molecule has 15 nitrogen and oxygen atoms in total. The van der Waals surface area contributed by atoms with Gasteiger partial charge < -0.3 is 36.5 Å². The Morgan fingerprint density at radius 2 is 1.79 bits per heavy atom. The third kappa shape index (κ3) is 8.71. The first-order valence-electron chi connectivity index (χ1n) is 12.6. The van der Waals surface area contributed by atoms with Gasteiger partial charge in [0.15, 0.2) is 6.04 Å². The van der Waals surface area contributed by atoms with E-state index in [4.69, 9.17) is 9.47 Å². The van der Waals surface area contributed by atoms with Crippen LogP contribution in [0.15, 0.2) is 6.20 Å². The highest BCUT2D eigenvalue weighted by Gasteiger charge is 2.40. The molecule has 15 heteroatoms. The smallest absolute Gasteiger partial charge is 0.330 e. The number of rotatable bonds is 3. The Labute approximate surface area is 227 Å². The molecule has 2 bridgehead atoms. The number of aryl methyl sites for hydroxylation is 1. The number of hydrogen-bond donors (Lipinski definition) is 5. The van der Waals surface area contributed by atoms with Gasteiger partial charge in [-0.25, -0.2) is 4.79 Å². The first-order chi connectivity index (χ1) is 18.0. The second-order valence-electron chi connectivity index (χ2n) is 11.2. The summed E-state index contributed by atoms with van der Waals surface area (Å²) < 4.78 is 12.0. The van der Waals surface area contributed by atoms with Crippen molar-refractivity contribution in [1.82, 2.24) is 36.3 Å². The number of ether oxygens (including phenoxy) is 2. The topological polar surface area (TPSA) is 210 Å². The Balaban J connectivity index is 2.33. The summed E-state index contributed by atoms with van der Waals surface area (Å²) in [4.78, 5) is 64.2. The Morgan fingerprint density at radius 1 is 1.15 bits per heavy atom. The fourth-order valence-electron chi connectivity index (χ4n) is 3.61. The second-order valence-corrected chi connectivity index (χ2v) is 11.2. The van der Waals surface area contributed by atoms with Crippen molar-refractivity contribution in [2.75, 3.05) is 13.7 Å². The number of carbonyl (C=O) groups excluding carboxylic acids is 5. The van der Waals surface area contributed by atoms with Gasteiger partial charge in [0.25, 0.3) is 5.91 Å². The fourth-order valence-corrected chi connectivity index (χ4v) is 3.61. The van der Waals surface area contributed by atoms with Crippen molar-refractivity contribution < 1.29 is 39.2 Å². The third-order valence-corrected chi connectivity index (χ3v) is 6.18. The zero-order chi connectivity index (χ0) is 29.6. The fraction of sp³-hybridized carbons (Fsp3) is 0.708. The lowest BCUT2D eigenvalue weighted by Crippen LogP contribution is -2.71. The summed E-state index contributed by atoms with van der Waals surface area (Å²) in [6.45, 7) is 9.06. The Hall–Kier alpha value is -3.59. The van der Waals surface area contributed by atoms with Crippen LogP contribution >= 0.6 is 0 Å². The van der Waals surface area contributed by atoms with E-state index in [2.05, 4.69) is 37.3 Å². The van der Waals surface area contributed by atoms with Crippen LogP contribution in [0.5, 0.6) is 0 Å². The molecule has 0 fully saturated rings. The molecule has 4 amide bonds. The van der Waals surface area contributed by atoms with Crippen molar-refractivity contribution in [2.45, 2.75) is 96.2 Å². The minimum atomic E-state index is -1.50. The quantitative estimate of drug-likeness (QED) is 0.251. The van der Waals surface area contributed by atoms with Crippen LogP contribution in [0.25, 0.3) is 0 Å². The van der Waals surface area contributed by atoms with Crippen molar-refractivity contribution in [3.05, 3.63) is 11.9 Å². The molecule has 0 saturated carbocycles. The van der Waals surface area contributed by atoms with E-state index in [0.29, 0.717) is 25.1 Å². The predicted octanol–water partition coefficient (Wildman–Crippen LogP) is -2.46. The van der Waals surface area contributed by atoms with Gasteiger partial charge in [-0.05, 0) is 48.0 Å². The van der Waals surface area contributed by atoms with Crippen LogP contribution in [-0.2, 0) is 46.6 Å². The summed E-state index contributed by atoms with van der Waals surface area (Å²) >= 11 is 0. The maximum atomic E-state index is 13.2. The molecule has 1 aromatic rings. The van der Waals surface area contributed by atoms with E-state index in [-0.39, 0.29) is 13.2 Å². The number of nitrogens with zero attached hydrogens (tertiary/aromatic N) is 3. The summed E-state index contributed by atoms with van der Waals surface area (Å²) in [5.41, 5.74) is 0.146. The number of nitrogens with one attached hydrogen (secondary N) is 4. The van der Waals surface area contributed by atoms with Gasteiger partial charge in [0, 0.05) is 13.0 Å². The molecule has 1 aliphatic heterocycles. The monoisotopic (exact) mass is 553 g/mol. The molecular formula is C24H41N8O7+. The van der Waals surface area contributed by atoms with Crippen molar-refractivity contribution in [2.24, 2.45) is 0 Å². The van der Waals surface area contributed by atoms with Gasteiger partial charge in [-0.15, -0.1) is 5.10 Å². The molecule has 2 heterocycles. The molecule has 0 unspecified atom stereocenters. The van der Waals surface area contributed by atoms with Crippen LogP contribution in [0.2, 0.25) is 0 Å². The highest BCUT2D eigenvalue weighted by molar-refractivity contribution is 5.98. The largest absolute Gasteiger partial charge is 0.467 e. The number of fused-ring (bicyclic) bond motifs is 2. The molecule has 0 radical (unpaired) electrons. The number of aromatic nitrogens is 3.